The van der Waals surface area contributed by atoms with Crippen LogP contribution in [-0.4, -0.2) is 73.7 Å². The number of fused-ring (bicyclic) bond motifs is 1. The summed E-state index contributed by atoms with van der Waals surface area (Å²) in [5.74, 6) is 0.889. The number of hydrogen-bond donors (Lipinski definition) is 1. The van der Waals surface area contributed by atoms with E-state index >= 15 is 0 Å². The molecule has 9 heteroatoms. The summed E-state index contributed by atoms with van der Waals surface area (Å²) >= 11 is 0. The lowest BCUT2D eigenvalue weighted by Gasteiger charge is -2.37. The van der Waals surface area contributed by atoms with Crippen molar-refractivity contribution in [2.45, 2.75) is 37.4 Å². The zero-order valence-electron chi connectivity index (χ0n) is 21.7. The number of hydrogen-bond acceptors (Lipinski definition) is 7. The molecule has 0 aliphatic carbocycles. The lowest BCUT2D eigenvalue weighted by Crippen LogP contribution is -2.49. The standard InChI is InChI=1S/C28H35N3O5S/c1-20-16-31(21(2)19-32)37(33,34)28-11-10-24(23-8-5-9-25(13-23)35-4)14-26(28)36-27(20)18-30(3)17-22-7-6-12-29-15-22/h5-15,20-21,27,32H,16-19H2,1-4H3/t20-,21-,27-/m0/s1. The van der Waals surface area contributed by atoms with Crippen LogP contribution < -0.4 is 9.47 Å². The molecule has 0 amide bonds. The highest BCUT2D eigenvalue weighted by Crippen LogP contribution is 2.37. The highest BCUT2D eigenvalue weighted by molar-refractivity contribution is 7.89. The van der Waals surface area contributed by atoms with Gasteiger partial charge in [-0.1, -0.05) is 31.2 Å². The average Bonchev–Trinajstić information content (AvgIpc) is 2.90. The molecular weight excluding hydrogens is 490 g/mol. The summed E-state index contributed by atoms with van der Waals surface area (Å²) < 4.78 is 40.8. The molecule has 0 bridgehead atoms. The van der Waals surface area contributed by atoms with Crippen LogP contribution in [0.15, 0.2) is 71.9 Å². The Labute approximate surface area is 219 Å². The van der Waals surface area contributed by atoms with Crippen LogP contribution in [0.3, 0.4) is 0 Å². The Bertz CT molecular complexity index is 1300. The number of pyridine rings is 1. The first-order valence-corrected chi connectivity index (χ1v) is 13.8. The lowest BCUT2D eigenvalue weighted by molar-refractivity contribution is 0.0734. The molecule has 0 unspecified atom stereocenters. The van der Waals surface area contributed by atoms with Crippen LogP contribution in [0.1, 0.15) is 19.4 Å². The molecule has 1 N–H and O–H groups in total. The van der Waals surface area contributed by atoms with Gasteiger partial charge < -0.3 is 14.6 Å². The second-order valence-electron chi connectivity index (χ2n) is 9.69. The summed E-state index contributed by atoms with van der Waals surface area (Å²) in [6.45, 7) is 4.96. The fourth-order valence-electron chi connectivity index (χ4n) is 4.60. The van der Waals surface area contributed by atoms with Crippen LogP contribution in [0.5, 0.6) is 11.5 Å². The molecule has 4 rings (SSSR count). The summed E-state index contributed by atoms with van der Waals surface area (Å²) in [5, 5.41) is 9.87. The molecule has 1 aliphatic heterocycles. The van der Waals surface area contributed by atoms with Gasteiger partial charge in [-0.2, -0.15) is 4.31 Å². The summed E-state index contributed by atoms with van der Waals surface area (Å²) in [7, 11) is -0.272. The molecule has 1 aliphatic rings. The van der Waals surface area contributed by atoms with E-state index in [4.69, 9.17) is 9.47 Å². The van der Waals surface area contributed by atoms with E-state index in [1.807, 2.05) is 56.6 Å². The third-order valence-electron chi connectivity index (χ3n) is 6.74. The SMILES string of the molecule is COc1cccc(-c2ccc3c(c2)O[C@@H](CN(C)Cc2cccnc2)[C@@H](C)CN([C@@H](C)CO)S3(=O)=O)c1. The van der Waals surface area contributed by atoms with E-state index in [-0.39, 0.29) is 30.1 Å². The Kier molecular flexibility index (Phi) is 8.49. The lowest BCUT2D eigenvalue weighted by atomic mass is 10.0. The number of aromatic nitrogens is 1. The van der Waals surface area contributed by atoms with Crippen LogP contribution in [-0.2, 0) is 16.6 Å². The third-order valence-corrected chi connectivity index (χ3v) is 8.76. The Morgan fingerprint density at radius 3 is 2.68 bits per heavy atom. The highest BCUT2D eigenvalue weighted by Gasteiger charge is 2.38. The van der Waals surface area contributed by atoms with Crippen molar-refractivity contribution in [2.75, 3.05) is 33.9 Å². The van der Waals surface area contributed by atoms with Crippen molar-refractivity contribution in [2.24, 2.45) is 5.92 Å². The third kappa shape index (κ3) is 6.13. The van der Waals surface area contributed by atoms with Crippen molar-refractivity contribution in [3.63, 3.8) is 0 Å². The van der Waals surface area contributed by atoms with Crippen LogP contribution in [0.2, 0.25) is 0 Å². The van der Waals surface area contributed by atoms with E-state index in [1.54, 1.807) is 38.4 Å². The molecule has 37 heavy (non-hydrogen) atoms. The number of sulfonamides is 1. The Hall–Kier alpha value is -2.98. The zero-order chi connectivity index (χ0) is 26.6. The minimum absolute atomic E-state index is 0.103. The summed E-state index contributed by atoms with van der Waals surface area (Å²) in [6.07, 6.45) is 3.30. The number of methoxy groups -OCH3 is 1. The van der Waals surface area contributed by atoms with Gasteiger partial charge in [0.1, 0.15) is 22.5 Å². The molecule has 2 heterocycles. The molecule has 1 aromatic heterocycles. The van der Waals surface area contributed by atoms with E-state index in [0.717, 1.165) is 16.7 Å². The topological polar surface area (TPSA) is 92.2 Å². The van der Waals surface area contributed by atoms with Crippen molar-refractivity contribution in [1.82, 2.24) is 14.2 Å². The molecule has 0 saturated carbocycles. The van der Waals surface area contributed by atoms with Crippen molar-refractivity contribution in [3.05, 3.63) is 72.6 Å². The predicted octanol–water partition coefficient (Wildman–Crippen LogP) is 3.66. The molecule has 8 nitrogen and oxygen atoms in total. The van der Waals surface area contributed by atoms with Gasteiger partial charge in [-0.3, -0.25) is 9.88 Å². The van der Waals surface area contributed by atoms with E-state index < -0.39 is 16.1 Å². The maximum Gasteiger partial charge on any atom is 0.247 e. The summed E-state index contributed by atoms with van der Waals surface area (Å²) in [6, 6.07) is 16.2. The fourth-order valence-corrected chi connectivity index (χ4v) is 6.43. The van der Waals surface area contributed by atoms with Crippen molar-refractivity contribution in [1.29, 1.82) is 0 Å². The fraction of sp³-hybridized carbons (Fsp3) is 0.393. The number of likely N-dealkylation sites (N-methyl/N-ethyl adjacent to an activating group) is 1. The van der Waals surface area contributed by atoms with Crippen LogP contribution in [0.4, 0.5) is 0 Å². The van der Waals surface area contributed by atoms with Gasteiger partial charge in [-0.15, -0.1) is 0 Å². The monoisotopic (exact) mass is 525 g/mol. The summed E-state index contributed by atoms with van der Waals surface area (Å²) in [4.78, 5) is 6.45. The smallest absolute Gasteiger partial charge is 0.247 e. The molecule has 0 spiro atoms. The minimum Gasteiger partial charge on any atom is -0.497 e. The van der Waals surface area contributed by atoms with Crippen LogP contribution in [0, 0.1) is 5.92 Å². The molecular formula is C28H35N3O5S. The Morgan fingerprint density at radius 1 is 1.19 bits per heavy atom. The largest absolute Gasteiger partial charge is 0.497 e. The van der Waals surface area contributed by atoms with Gasteiger partial charge in [0.05, 0.1) is 13.7 Å². The van der Waals surface area contributed by atoms with Gasteiger partial charge in [0.25, 0.3) is 0 Å². The van der Waals surface area contributed by atoms with E-state index in [2.05, 4.69) is 9.88 Å². The van der Waals surface area contributed by atoms with E-state index in [1.165, 1.54) is 4.31 Å². The van der Waals surface area contributed by atoms with Crippen molar-refractivity contribution >= 4 is 10.0 Å². The van der Waals surface area contributed by atoms with Gasteiger partial charge in [0, 0.05) is 44.0 Å². The molecule has 2 aromatic carbocycles. The van der Waals surface area contributed by atoms with Crippen LogP contribution >= 0.6 is 0 Å². The zero-order valence-corrected chi connectivity index (χ0v) is 22.6. The first-order valence-electron chi connectivity index (χ1n) is 12.4. The number of ether oxygens (including phenoxy) is 2. The quantitative estimate of drug-likeness (QED) is 0.480. The second kappa shape index (κ2) is 11.6. The first kappa shape index (κ1) is 27.1. The van der Waals surface area contributed by atoms with Crippen molar-refractivity contribution in [3.8, 4) is 22.6 Å². The van der Waals surface area contributed by atoms with Crippen molar-refractivity contribution < 1.29 is 23.0 Å². The number of aliphatic hydroxyl groups is 1. The number of rotatable bonds is 8. The molecule has 198 valence electrons. The predicted molar refractivity (Wildman–Crippen MR) is 143 cm³/mol. The van der Waals surface area contributed by atoms with Gasteiger partial charge in [-0.25, -0.2) is 8.42 Å². The summed E-state index contributed by atoms with van der Waals surface area (Å²) in [5.41, 5.74) is 2.80. The van der Waals surface area contributed by atoms with Gasteiger partial charge >= 0.3 is 0 Å². The number of benzene rings is 2. The number of aliphatic hydroxyl groups excluding tert-OH is 1. The average molecular weight is 526 g/mol. The van der Waals surface area contributed by atoms with Gasteiger partial charge in [-0.05, 0) is 61.0 Å². The minimum atomic E-state index is -3.90. The Morgan fingerprint density at radius 2 is 1.97 bits per heavy atom. The molecule has 0 fully saturated rings. The maximum absolute atomic E-state index is 13.7. The van der Waals surface area contributed by atoms with Gasteiger partial charge in [0.15, 0.2) is 0 Å². The van der Waals surface area contributed by atoms with E-state index in [9.17, 15) is 13.5 Å². The van der Waals surface area contributed by atoms with E-state index in [0.29, 0.717) is 24.6 Å². The first-order chi connectivity index (χ1) is 17.7. The van der Waals surface area contributed by atoms with Crippen LogP contribution in [0.25, 0.3) is 11.1 Å². The molecule has 3 atom stereocenters. The maximum atomic E-state index is 13.7. The molecule has 3 aromatic rings. The second-order valence-corrected chi connectivity index (χ2v) is 11.6. The molecule has 0 radical (unpaired) electrons. The number of nitrogens with zero attached hydrogens (tertiary/aromatic N) is 3. The molecule has 0 saturated heterocycles. The normalized spacial score (nSPS) is 20.4. The highest BCUT2D eigenvalue weighted by atomic mass is 32.2. The van der Waals surface area contributed by atoms with Gasteiger partial charge in [0.2, 0.25) is 10.0 Å². The Balaban J connectivity index is 1.73.